The highest BCUT2D eigenvalue weighted by molar-refractivity contribution is 9.10. The van der Waals surface area contributed by atoms with Gasteiger partial charge in [0.05, 0.1) is 11.8 Å². The molecule has 1 aromatic carbocycles. The van der Waals surface area contributed by atoms with Gasteiger partial charge in [0.25, 0.3) is 0 Å². The minimum atomic E-state index is -1.03. The molecule has 0 N–H and O–H groups in total. The van der Waals surface area contributed by atoms with E-state index in [2.05, 4.69) is 15.9 Å². The molecule has 3 aliphatic rings. The van der Waals surface area contributed by atoms with Crippen LogP contribution >= 0.6 is 15.9 Å². The van der Waals surface area contributed by atoms with Crippen molar-refractivity contribution in [2.45, 2.75) is 19.4 Å². The number of benzene rings is 1. The van der Waals surface area contributed by atoms with Gasteiger partial charge in [-0.2, -0.15) is 0 Å². The average molecular weight is 432 g/mol. The molecule has 4 rings (SSSR count). The number of halogens is 1. The summed E-state index contributed by atoms with van der Waals surface area (Å²) in [5.41, 5.74) is 0.421. The molecule has 140 valence electrons. The van der Waals surface area contributed by atoms with E-state index >= 15 is 0 Å². The van der Waals surface area contributed by atoms with Crippen molar-refractivity contribution in [3.63, 3.8) is 0 Å². The fourth-order valence-electron chi connectivity index (χ4n) is 4.39. The van der Waals surface area contributed by atoms with Gasteiger partial charge in [0, 0.05) is 10.0 Å². The van der Waals surface area contributed by atoms with Crippen LogP contribution in [0.2, 0.25) is 0 Å². The van der Waals surface area contributed by atoms with Gasteiger partial charge in [0.2, 0.25) is 11.8 Å². The van der Waals surface area contributed by atoms with E-state index in [1.807, 2.05) is 12.2 Å². The van der Waals surface area contributed by atoms with E-state index in [0.717, 1.165) is 15.8 Å². The molecule has 1 heterocycles. The topological polar surface area (TPSA) is 80.8 Å². The van der Waals surface area contributed by atoms with Crippen LogP contribution in [0.5, 0.6) is 0 Å². The van der Waals surface area contributed by atoms with Gasteiger partial charge in [-0.25, -0.2) is 4.79 Å². The van der Waals surface area contributed by atoms with Gasteiger partial charge in [-0.15, -0.1) is 0 Å². The summed E-state index contributed by atoms with van der Waals surface area (Å²) in [4.78, 5) is 51.0. The van der Waals surface area contributed by atoms with E-state index in [1.165, 1.54) is 6.92 Å². The van der Waals surface area contributed by atoms with Crippen molar-refractivity contribution in [3.8, 4) is 0 Å². The summed E-state index contributed by atoms with van der Waals surface area (Å²) in [5, 5.41) is 0. The molecule has 0 spiro atoms. The van der Waals surface area contributed by atoms with Crippen molar-refractivity contribution in [2.24, 2.45) is 23.7 Å². The van der Waals surface area contributed by atoms with Gasteiger partial charge >= 0.3 is 5.97 Å². The fourth-order valence-corrected chi connectivity index (χ4v) is 4.65. The first kappa shape index (κ1) is 18.1. The number of hydrogen-bond donors (Lipinski definition) is 0. The van der Waals surface area contributed by atoms with Crippen LogP contribution < -0.4 is 0 Å². The molecule has 6 nitrogen and oxygen atoms in total. The smallest absolute Gasteiger partial charge is 0.329 e. The molecule has 2 aliphatic carbocycles. The number of likely N-dealkylation sites (tertiary alicyclic amines) is 1. The number of fused-ring (bicyclic) bond motifs is 5. The second-order valence-electron chi connectivity index (χ2n) is 7.26. The lowest BCUT2D eigenvalue weighted by Crippen LogP contribution is -2.45. The number of imide groups is 1. The predicted octanol–water partition coefficient (Wildman–Crippen LogP) is 2.37. The van der Waals surface area contributed by atoms with Crippen LogP contribution in [0.4, 0.5) is 0 Å². The molecule has 0 unspecified atom stereocenters. The maximum Gasteiger partial charge on any atom is 0.329 e. The first-order chi connectivity index (χ1) is 12.9. The van der Waals surface area contributed by atoms with Crippen LogP contribution in [0.15, 0.2) is 40.9 Å². The molecule has 0 aromatic heterocycles. The molecule has 1 aromatic rings. The zero-order valence-electron chi connectivity index (χ0n) is 14.6. The van der Waals surface area contributed by atoms with Crippen LogP contribution in [-0.4, -0.2) is 41.1 Å². The van der Waals surface area contributed by atoms with E-state index in [-0.39, 0.29) is 41.3 Å². The van der Waals surface area contributed by atoms with Crippen molar-refractivity contribution < 1.29 is 23.9 Å². The zero-order chi connectivity index (χ0) is 19.3. The molecule has 2 fully saturated rings. The number of hydrogen-bond acceptors (Lipinski definition) is 5. The lowest BCUT2D eigenvalue weighted by Gasteiger charge is -2.23. The van der Waals surface area contributed by atoms with Crippen LogP contribution in [0.3, 0.4) is 0 Å². The first-order valence-electron chi connectivity index (χ1n) is 8.89. The standard InChI is InChI=1S/C20H18BrNO5/c1-10(20(26)27-9-15(23)11-4-6-14(21)7-5-11)22-18(24)16-12-2-3-13(8-12)17(16)19(22)25/h2-7,10,12-13,16-17H,8-9H2,1H3/t10-,12-,13-,16-,17-/m0/s1. The number of ketones is 1. The van der Waals surface area contributed by atoms with Crippen molar-refractivity contribution >= 4 is 39.5 Å². The number of amides is 2. The summed E-state index contributed by atoms with van der Waals surface area (Å²) in [5.74, 6) is -2.23. The minimum Gasteiger partial charge on any atom is -0.456 e. The van der Waals surface area contributed by atoms with Crippen molar-refractivity contribution in [3.05, 3.63) is 46.5 Å². The number of carbonyl (C=O) groups is 4. The number of ether oxygens (including phenoxy) is 1. The monoisotopic (exact) mass is 431 g/mol. The molecule has 2 amide bonds. The highest BCUT2D eigenvalue weighted by atomic mass is 79.9. The Morgan fingerprint density at radius 2 is 1.67 bits per heavy atom. The largest absolute Gasteiger partial charge is 0.456 e. The summed E-state index contributed by atoms with van der Waals surface area (Å²) in [6.07, 6.45) is 4.84. The Bertz CT molecular complexity index is 832. The third-order valence-electron chi connectivity index (χ3n) is 5.74. The van der Waals surface area contributed by atoms with Crippen molar-refractivity contribution in [2.75, 3.05) is 6.61 Å². The lowest BCUT2D eigenvalue weighted by molar-refractivity contribution is -0.157. The van der Waals surface area contributed by atoms with E-state index < -0.39 is 18.6 Å². The Morgan fingerprint density at radius 1 is 1.11 bits per heavy atom. The Balaban J connectivity index is 1.39. The Kier molecular flexibility index (Phi) is 4.50. The number of Topliss-reactive ketones (excluding diaryl/α,β-unsaturated/α-hetero) is 1. The fraction of sp³-hybridized carbons (Fsp3) is 0.400. The number of esters is 1. The maximum atomic E-state index is 12.7. The van der Waals surface area contributed by atoms with Gasteiger partial charge in [-0.05, 0) is 37.3 Å². The highest BCUT2D eigenvalue weighted by Gasteiger charge is 2.60. The summed E-state index contributed by atoms with van der Waals surface area (Å²) in [7, 11) is 0. The molecular weight excluding hydrogens is 414 g/mol. The highest BCUT2D eigenvalue weighted by Crippen LogP contribution is 2.52. The van der Waals surface area contributed by atoms with E-state index in [0.29, 0.717) is 5.56 Å². The van der Waals surface area contributed by atoms with Gasteiger partial charge in [0.15, 0.2) is 12.4 Å². The summed E-state index contributed by atoms with van der Waals surface area (Å²) < 4.78 is 5.93. The maximum absolute atomic E-state index is 12.7. The molecule has 5 atom stereocenters. The average Bonchev–Trinajstić information content (AvgIpc) is 3.33. The van der Waals surface area contributed by atoms with Crippen LogP contribution in [-0.2, 0) is 19.1 Å². The Hall–Kier alpha value is -2.28. The normalized spacial score (nSPS) is 29.2. The van der Waals surface area contributed by atoms with E-state index in [9.17, 15) is 19.2 Å². The van der Waals surface area contributed by atoms with Crippen molar-refractivity contribution in [1.82, 2.24) is 4.90 Å². The quantitative estimate of drug-likeness (QED) is 0.309. The van der Waals surface area contributed by atoms with Gasteiger partial charge in [-0.3, -0.25) is 19.3 Å². The number of allylic oxidation sites excluding steroid dienone is 2. The summed E-state index contributed by atoms with van der Waals surface area (Å²) >= 11 is 3.29. The van der Waals surface area contributed by atoms with Crippen LogP contribution in [0.1, 0.15) is 23.7 Å². The Labute approximate surface area is 164 Å². The second kappa shape index (κ2) is 6.71. The summed E-state index contributed by atoms with van der Waals surface area (Å²) in [6, 6.07) is 5.66. The molecule has 1 saturated heterocycles. The van der Waals surface area contributed by atoms with Crippen molar-refractivity contribution in [1.29, 1.82) is 0 Å². The van der Waals surface area contributed by atoms with E-state index in [1.54, 1.807) is 24.3 Å². The summed E-state index contributed by atoms with van der Waals surface area (Å²) in [6.45, 7) is 1.04. The molecule has 7 heteroatoms. The first-order valence-corrected chi connectivity index (χ1v) is 9.68. The zero-order valence-corrected chi connectivity index (χ0v) is 16.2. The molecule has 0 radical (unpaired) electrons. The van der Waals surface area contributed by atoms with Crippen LogP contribution in [0, 0.1) is 23.7 Å². The Morgan fingerprint density at radius 3 is 2.22 bits per heavy atom. The van der Waals surface area contributed by atoms with Gasteiger partial charge < -0.3 is 4.74 Å². The number of rotatable bonds is 5. The lowest BCUT2D eigenvalue weighted by atomic mass is 9.85. The molecule has 1 aliphatic heterocycles. The minimum absolute atomic E-state index is 0.0867. The molecule has 27 heavy (non-hydrogen) atoms. The third kappa shape index (κ3) is 2.94. The van der Waals surface area contributed by atoms with Gasteiger partial charge in [-0.1, -0.05) is 40.2 Å². The number of carbonyl (C=O) groups excluding carboxylic acids is 4. The predicted molar refractivity (Wildman–Crippen MR) is 98.5 cm³/mol. The van der Waals surface area contributed by atoms with Crippen LogP contribution in [0.25, 0.3) is 0 Å². The second-order valence-corrected chi connectivity index (χ2v) is 8.18. The van der Waals surface area contributed by atoms with E-state index in [4.69, 9.17) is 4.74 Å². The molecular formula is C20H18BrNO5. The molecule has 1 saturated carbocycles. The third-order valence-corrected chi connectivity index (χ3v) is 6.27. The SMILES string of the molecule is C[C@@H](C(=O)OCC(=O)c1ccc(Br)cc1)N1C(=O)[C@@H]2[C@@H](C1=O)[C@H]1C=C[C@H]2C1. The molecule has 2 bridgehead atoms. The number of nitrogens with zero attached hydrogens (tertiary/aromatic N) is 1. The van der Waals surface area contributed by atoms with Gasteiger partial charge in [0.1, 0.15) is 6.04 Å².